The van der Waals surface area contributed by atoms with Gasteiger partial charge in [-0.05, 0) is 29.8 Å². The van der Waals surface area contributed by atoms with Crippen LogP contribution in [0.1, 0.15) is 0 Å². The van der Waals surface area contributed by atoms with Crippen molar-refractivity contribution in [2.45, 2.75) is 0 Å². The summed E-state index contributed by atoms with van der Waals surface area (Å²) in [7, 11) is 4.51. The average Bonchev–Trinajstić information content (AvgIpc) is 2.76. The zero-order valence-electron chi connectivity index (χ0n) is 16.2. The standard InChI is InChI=1S/C22H19N3O4/c1-24-20-19(21(27)25(2)22(24)28)15(13-7-5-4-6-8-13)12-16(23-20)14-9-10-17(26)18(11-14)29-3/h4-12,26H,1-3H3. The number of aromatic hydroxyl groups is 1. The summed E-state index contributed by atoms with van der Waals surface area (Å²) in [5.74, 6) is 0.324. The number of phenols is 1. The van der Waals surface area contributed by atoms with Gasteiger partial charge in [-0.25, -0.2) is 9.78 Å². The summed E-state index contributed by atoms with van der Waals surface area (Å²) in [4.78, 5) is 30.0. The van der Waals surface area contributed by atoms with E-state index in [0.29, 0.717) is 33.6 Å². The summed E-state index contributed by atoms with van der Waals surface area (Å²) in [5, 5.41) is 10.3. The van der Waals surface area contributed by atoms with Crippen LogP contribution in [0.3, 0.4) is 0 Å². The van der Waals surface area contributed by atoms with Gasteiger partial charge in [0.25, 0.3) is 5.56 Å². The molecule has 0 radical (unpaired) electrons. The van der Waals surface area contributed by atoms with Gasteiger partial charge in [0.1, 0.15) is 0 Å². The van der Waals surface area contributed by atoms with Crippen molar-refractivity contribution in [2.75, 3.05) is 7.11 Å². The number of hydrogen-bond donors (Lipinski definition) is 1. The molecule has 2 aromatic carbocycles. The first kappa shape index (κ1) is 18.5. The van der Waals surface area contributed by atoms with Crippen LogP contribution >= 0.6 is 0 Å². The molecule has 146 valence electrons. The van der Waals surface area contributed by atoms with Crippen LogP contribution in [0.25, 0.3) is 33.4 Å². The Morgan fingerprint density at radius 1 is 0.931 bits per heavy atom. The van der Waals surface area contributed by atoms with Gasteiger partial charge in [0.05, 0.1) is 18.2 Å². The fourth-order valence-corrected chi connectivity index (χ4v) is 3.39. The number of fused-ring (bicyclic) bond motifs is 1. The summed E-state index contributed by atoms with van der Waals surface area (Å²) >= 11 is 0. The summed E-state index contributed by atoms with van der Waals surface area (Å²) < 4.78 is 7.65. The Kier molecular flexibility index (Phi) is 4.43. The lowest BCUT2D eigenvalue weighted by molar-refractivity contribution is 0.373. The fraction of sp³-hybridized carbons (Fsp3) is 0.136. The molecule has 0 aliphatic rings. The summed E-state index contributed by atoms with van der Waals surface area (Å²) in [6, 6.07) is 16.2. The Labute approximate surface area is 166 Å². The quantitative estimate of drug-likeness (QED) is 0.582. The van der Waals surface area contributed by atoms with Crippen LogP contribution in [0.2, 0.25) is 0 Å². The van der Waals surface area contributed by atoms with Crippen LogP contribution in [0.5, 0.6) is 11.5 Å². The molecule has 0 saturated heterocycles. The van der Waals surface area contributed by atoms with E-state index in [-0.39, 0.29) is 5.75 Å². The van der Waals surface area contributed by atoms with E-state index in [1.165, 1.54) is 24.8 Å². The largest absolute Gasteiger partial charge is 0.504 e. The Morgan fingerprint density at radius 3 is 2.34 bits per heavy atom. The molecule has 0 bridgehead atoms. The number of aromatic nitrogens is 3. The Morgan fingerprint density at radius 2 is 1.66 bits per heavy atom. The molecule has 4 rings (SSSR count). The maximum atomic E-state index is 12.9. The monoisotopic (exact) mass is 389 g/mol. The van der Waals surface area contributed by atoms with Crippen LogP contribution in [0, 0.1) is 0 Å². The molecule has 0 unspecified atom stereocenters. The van der Waals surface area contributed by atoms with Gasteiger partial charge in [0, 0.05) is 25.2 Å². The molecule has 0 aliphatic carbocycles. The molecule has 2 heterocycles. The molecule has 0 fully saturated rings. The van der Waals surface area contributed by atoms with Crippen molar-refractivity contribution < 1.29 is 9.84 Å². The number of ether oxygens (including phenoxy) is 1. The van der Waals surface area contributed by atoms with Crippen molar-refractivity contribution in [1.29, 1.82) is 0 Å². The van der Waals surface area contributed by atoms with Crippen molar-refractivity contribution >= 4 is 11.0 Å². The minimum Gasteiger partial charge on any atom is -0.504 e. The second-order valence-corrected chi connectivity index (χ2v) is 6.71. The highest BCUT2D eigenvalue weighted by atomic mass is 16.5. The molecule has 7 heteroatoms. The number of nitrogens with zero attached hydrogens (tertiary/aromatic N) is 3. The van der Waals surface area contributed by atoms with Crippen LogP contribution in [0.15, 0.2) is 64.2 Å². The topological polar surface area (TPSA) is 86.4 Å². The van der Waals surface area contributed by atoms with Crippen molar-refractivity contribution in [3.63, 3.8) is 0 Å². The minimum absolute atomic E-state index is 0.0154. The molecule has 0 atom stereocenters. The highest BCUT2D eigenvalue weighted by molar-refractivity contribution is 5.94. The molecular weight excluding hydrogens is 370 g/mol. The molecule has 0 amide bonds. The van der Waals surface area contributed by atoms with Gasteiger partial charge in [-0.2, -0.15) is 0 Å². The second-order valence-electron chi connectivity index (χ2n) is 6.71. The number of phenolic OH excluding ortho intramolecular Hbond substituents is 1. The number of benzene rings is 2. The molecular formula is C22H19N3O4. The number of pyridine rings is 1. The molecule has 2 aromatic heterocycles. The third-order valence-corrected chi connectivity index (χ3v) is 4.97. The van der Waals surface area contributed by atoms with Gasteiger partial charge < -0.3 is 9.84 Å². The van der Waals surface area contributed by atoms with Gasteiger partial charge >= 0.3 is 5.69 Å². The maximum absolute atomic E-state index is 12.9. The number of rotatable bonds is 3. The predicted molar refractivity (Wildman–Crippen MR) is 111 cm³/mol. The Balaban J connectivity index is 2.14. The lowest BCUT2D eigenvalue weighted by Gasteiger charge is -2.14. The van der Waals surface area contributed by atoms with Gasteiger partial charge in [0.15, 0.2) is 17.1 Å². The second kappa shape index (κ2) is 6.94. The predicted octanol–water partition coefficient (Wildman–Crippen LogP) is 2.68. The molecule has 0 aliphatic heterocycles. The molecule has 4 aromatic rings. The van der Waals surface area contributed by atoms with Crippen LogP contribution in [-0.4, -0.2) is 26.3 Å². The first-order valence-corrected chi connectivity index (χ1v) is 8.96. The lowest BCUT2D eigenvalue weighted by atomic mass is 10.00. The van der Waals surface area contributed by atoms with Crippen LogP contribution < -0.4 is 16.0 Å². The first-order chi connectivity index (χ1) is 13.9. The van der Waals surface area contributed by atoms with Gasteiger partial charge in [0.2, 0.25) is 0 Å². The van der Waals surface area contributed by atoms with E-state index < -0.39 is 11.2 Å². The van der Waals surface area contributed by atoms with Crippen molar-refractivity contribution in [3.05, 3.63) is 75.4 Å². The first-order valence-electron chi connectivity index (χ1n) is 8.96. The van der Waals surface area contributed by atoms with E-state index in [1.54, 1.807) is 19.2 Å². The normalized spacial score (nSPS) is 11.0. The summed E-state index contributed by atoms with van der Waals surface area (Å²) in [6.45, 7) is 0. The molecule has 0 spiro atoms. The van der Waals surface area contributed by atoms with E-state index in [2.05, 4.69) is 4.98 Å². The SMILES string of the molecule is COc1cc(-c2cc(-c3ccccc3)c3c(=O)n(C)c(=O)n(C)c3n2)ccc1O. The summed E-state index contributed by atoms with van der Waals surface area (Å²) in [6.07, 6.45) is 0. The fourth-order valence-electron chi connectivity index (χ4n) is 3.39. The third kappa shape index (κ3) is 2.97. The van der Waals surface area contributed by atoms with E-state index in [9.17, 15) is 14.7 Å². The van der Waals surface area contributed by atoms with E-state index in [4.69, 9.17) is 4.74 Å². The lowest BCUT2D eigenvalue weighted by Crippen LogP contribution is -2.37. The molecule has 1 N–H and O–H groups in total. The average molecular weight is 389 g/mol. The van der Waals surface area contributed by atoms with E-state index >= 15 is 0 Å². The van der Waals surface area contributed by atoms with E-state index in [1.807, 2.05) is 36.4 Å². The third-order valence-electron chi connectivity index (χ3n) is 4.97. The molecule has 7 nitrogen and oxygen atoms in total. The van der Waals surface area contributed by atoms with Crippen molar-refractivity contribution in [2.24, 2.45) is 14.1 Å². The smallest absolute Gasteiger partial charge is 0.332 e. The highest BCUT2D eigenvalue weighted by Gasteiger charge is 2.18. The maximum Gasteiger partial charge on any atom is 0.332 e. The van der Waals surface area contributed by atoms with Gasteiger partial charge in [-0.15, -0.1) is 0 Å². The Bertz CT molecular complexity index is 1350. The Hall–Kier alpha value is -3.87. The van der Waals surface area contributed by atoms with Crippen LogP contribution in [0.4, 0.5) is 0 Å². The minimum atomic E-state index is -0.450. The molecule has 29 heavy (non-hydrogen) atoms. The van der Waals surface area contributed by atoms with Gasteiger partial charge in [-0.1, -0.05) is 30.3 Å². The van der Waals surface area contributed by atoms with Gasteiger partial charge in [-0.3, -0.25) is 13.9 Å². The van der Waals surface area contributed by atoms with Crippen LogP contribution in [-0.2, 0) is 14.1 Å². The number of aryl methyl sites for hydroxylation is 1. The molecule has 0 saturated carbocycles. The number of hydrogen-bond acceptors (Lipinski definition) is 5. The number of methoxy groups -OCH3 is 1. The zero-order chi connectivity index (χ0) is 20.7. The van der Waals surface area contributed by atoms with Crippen molar-refractivity contribution in [3.8, 4) is 33.9 Å². The highest BCUT2D eigenvalue weighted by Crippen LogP contribution is 2.34. The van der Waals surface area contributed by atoms with Crippen molar-refractivity contribution in [1.82, 2.24) is 14.1 Å². The van der Waals surface area contributed by atoms with E-state index in [0.717, 1.165) is 10.1 Å². The zero-order valence-corrected chi connectivity index (χ0v) is 16.2. The summed E-state index contributed by atoms with van der Waals surface area (Å²) in [5.41, 5.74) is 2.20.